The van der Waals surface area contributed by atoms with Gasteiger partial charge in [0.1, 0.15) is 5.69 Å². The molecule has 0 saturated heterocycles. The van der Waals surface area contributed by atoms with E-state index in [-0.39, 0.29) is 5.56 Å². The molecule has 0 aliphatic heterocycles. The van der Waals surface area contributed by atoms with Crippen LogP contribution in [-0.4, -0.2) is 26.0 Å². The first-order chi connectivity index (χ1) is 10.1. The molecule has 6 heteroatoms. The summed E-state index contributed by atoms with van der Waals surface area (Å²) in [6, 6.07) is 6.93. The Morgan fingerprint density at radius 2 is 2.00 bits per heavy atom. The zero-order valence-electron chi connectivity index (χ0n) is 11.0. The molecular formula is C15H10BrN3O2. The van der Waals surface area contributed by atoms with Crippen LogP contribution in [0.4, 0.5) is 0 Å². The molecule has 0 spiro atoms. The highest BCUT2D eigenvalue weighted by atomic mass is 79.9. The quantitative estimate of drug-likeness (QED) is 0.770. The topological polar surface area (TPSA) is 76.0 Å². The summed E-state index contributed by atoms with van der Waals surface area (Å²) in [5.41, 5.74) is 2.58. The Morgan fingerprint density at radius 3 is 2.71 bits per heavy atom. The Labute approximate surface area is 128 Å². The molecule has 5 nitrogen and oxygen atoms in total. The van der Waals surface area contributed by atoms with E-state index in [2.05, 4.69) is 30.9 Å². The summed E-state index contributed by atoms with van der Waals surface area (Å²) in [4.78, 5) is 24.5. The van der Waals surface area contributed by atoms with Gasteiger partial charge in [0.25, 0.3) is 0 Å². The van der Waals surface area contributed by atoms with Crippen LogP contribution < -0.4 is 0 Å². The summed E-state index contributed by atoms with van der Waals surface area (Å²) >= 11 is 3.38. The number of fused-ring (bicyclic) bond motifs is 1. The van der Waals surface area contributed by atoms with E-state index in [9.17, 15) is 9.90 Å². The van der Waals surface area contributed by atoms with Gasteiger partial charge in [-0.2, -0.15) is 0 Å². The highest BCUT2D eigenvalue weighted by molar-refractivity contribution is 9.10. The fourth-order valence-electron chi connectivity index (χ4n) is 2.19. The number of nitrogens with zero attached hydrogens (tertiary/aromatic N) is 3. The maximum Gasteiger partial charge on any atom is 0.336 e. The number of hydrogen-bond donors (Lipinski definition) is 1. The molecular weight excluding hydrogens is 334 g/mol. The highest BCUT2D eigenvalue weighted by Crippen LogP contribution is 2.30. The van der Waals surface area contributed by atoms with Crippen molar-refractivity contribution in [2.24, 2.45) is 0 Å². The van der Waals surface area contributed by atoms with Gasteiger partial charge in [-0.1, -0.05) is 22.0 Å². The zero-order valence-corrected chi connectivity index (χ0v) is 12.6. The van der Waals surface area contributed by atoms with E-state index in [1.165, 1.54) is 6.07 Å². The van der Waals surface area contributed by atoms with E-state index in [1.807, 2.05) is 13.0 Å². The van der Waals surface area contributed by atoms with Gasteiger partial charge in [0, 0.05) is 22.3 Å². The summed E-state index contributed by atoms with van der Waals surface area (Å²) in [6.07, 6.45) is 3.16. The molecule has 1 aromatic carbocycles. The number of hydrogen-bond acceptors (Lipinski definition) is 4. The molecule has 0 bridgehead atoms. The molecule has 0 fully saturated rings. The SMILES string of the molecule is Cc1nccnc1-c1cc(C(=O)O)c2c(Br)cccc2n1. The van der Waals surface area contributed by atoms with Gasteiger partial charge in [0.2, 0.25) is 0 Å². The van der Waals surface area contributed by atoms with E-state index in [0.717, 1.165) is 0 Å². The third-order valence-electron chi connectivity index (χ3n) is 3.14. The van der Waals surface area contributed by atoms with Crippen molar-refractivity contribution >= 4 is 32.8 Å². The Bertz CT molecular complexity index is 865. The molecule has 2 aromatic heterocycles. The fraction of sp³-hybridized carbons (Fsp3) is 0.0667. The lowest BCUT2D eigenvalue weighted by molar-refractivity contribution is 0.0699. The Morgan fingerprint density at radius 1 is 1.24 bits per heavy atom. The van der Waals surface area contributed by atoms with Crippen molar-refractivity contribution < 1.29 is 9.90 Å². The van der Waals surface area contributed by atoms with E-state index < -0.39 is 5.97 Å². The van der Waals surface area contributed by atoms with Crippen LogP contribution in [0.1, 0.15) is 16.1 Å². The minimum Gasteiger partial charge on any atom is -0.478 e. The first-order valence-electron chi connectivity index (χ1n) is 6.18. The maximum atomic E-state index is 11.6. The second kappa shape index (κ2) is 5.21. The van der Waals surface area contributed by atoms with E-state index in [0.29, 0.717) is 32.5 Å². The zero-order chi connectivity index (χ0) is 15.0. The average molecular weight is 344 g/mol. The smallest absolute Gasteiger partial charge is 0.336 e. The van der Waals surface area contributed by atoms with Crippen LogP contribution in [0.5, 0.6) is 0 Å². The van der Waals surface area contributed by atoms with Crippen molar-refractivity contribution in [3.63, 3.8) is 0 Å². The second-order valence-corrected chi connectivity index (χ2v) is 5.34. The minimum atomic E-state index is -1.00. The van der Waals surface area contributed by atoms with Gasteiger partial charge in [-0.25, -0.2) is 9.78 Å². The summed E-state index contributed by atoms with van der Waals surface area (Å²) < 4.78 is 0.701. The van der Waals surface area contributed by atoms with Crippen molar-refractivity contribution in [3.8, 4) is 11.4 Å². The van der Waals surface area contributed by atoms with Gasteiger partial charge in [-0.05, 0) is 25.1 Å². The van der Waals surface area contributed by atoms with Crippen molar-refractivity contribution in [3.05, 3.63) is 52.4 Å². The predicted octanol–water partition coefficient (Wildman–Crippen LogP) is 3.46. The standard InChI is InChI=1S/C15H10BrN3O2/c1-8-14(18-6-5-17-8)12-7-9(15(20)21)13-10(16)3-2-4-11(13)19-12/h2-7H,1H3,(H,20,21). The number of halogens is 1. The maximum absolute atomic E-state index is 11.6. The van der Waals surface area contributed by atoms with E-state index >= 15 is 0 Å². The molecule has 0 unspecified atom stereocenters. The lowest BCUT2D eigenvalue weighted by atomic mass is 10.1. The first-order valence-corrected chi connectivity index (χ1v) is 6.98. The van der Waals surface area contributed by atoms with Gasteiger partial charge in [0.05, 0.1) is 22.5 Å². The molecule has 0 saturated carbocycles. The van der Waals surface area contributed by atoms with Gasteiger partial charge in [0.15, 0.2) is 0 Å². The van der Waals surface area contributed by atoms with Crippen molar-refractivity contribution in [1.82, 2.24) is 15.0 Å². The third-order valence-corrected chi connectivity index (χ3v) is 3.80. The van der Waals surface area contributed by atoms with Crippen LogP contribution in [-0.2, 0) is 0 Å². The van der Waals surface area contributed by atoms with Crippen LogP contribution in [0.2, 0.25) is 0 Å². The van der Waals surface area contributed by atoms with Crippen molar-refractivity contribution in [2.45, 2.75) is 6.92 Å². The van der Waals surface area contributed by atoms with E-state index in [1.54, 1.807) is 24.5 Å². The molecule has 0 atom stereocenters. The van der Waals surface area contributed by atoms with Crippen LogP contribution in [0.3, 0.4) is 0 Å². The van der Waals surface area contributed by atoms with E-state index in [4.69, 9.17) is 0 Å². The minimum absolute atomic E-state index is 0.188. The molecule has 0 amide bonds. The summed E-state index contributed by atoms with van der Waals surface area (Å²) in [5, 5.41) is 10.0. The molecule has 0 radical (unpaired) electrons. The number of aromatic carboxylic acids is 1. The molecule has 1 N–H and O–H groups in total. The van der Waals surface area contributed by atoms with Crippen LogP contribution in [0, 0.1) is 6.92 Å². The average Bonchev–Trinajstić information content (AvgIpc) is 2.46. The Kier molecular flexibility index (Phi) is 3.39. The lowest BCUT2D eigenvalue weighted by Gasteiger charge is -2.09. The van der Waals surface area contributed by atoms with Crippen LogP contribution in [0.25, 0.3) is 22.3 Å². The number of carbonyl (C=O) groups is 1. The molecule has 0 aliphatic carbocycles. The van der Waals surface area contributed by atoms with Crippen LogP contribution in [0.15, 0.2) is 41.1 Å². The number of benzene rings is 1. The Hall–Kier alpha value is -2.34. The molecule has 104 valence electrons. The predicted molar refractivity (Wildman–Crippen MR) is 82.2 cm³/mol. The molecule has 21 heavy (non-hydrogen) atoms. The van der Waals surface area contributed by atoms with Crippen molar-refractivity contribution in [2.75, 3.05) is 0 Å². The molecule has 0 aliphatic rings. The number of pyridine rings is 1. The number of carboxylic acid groups (broad SMARTS) is 1. The fourth-order valence-corrected chi connectivity index (χ4v) is 2.76. The molecule has 2 heterocycles. The number of carboxylic acids is 1. The summed E-state index contributed by atoms with van der Waals surface area (Å²) in [7, 11) is 0. The second-order valence-electron chi connectivity index (χ2n) is 4.48. The normalized spacial score (nSPS) is 10.8. The monoisotopic (exact) mass is 343 g/mol. The van der Waals surface area contributed by atoms with Gasteiger partial charge in [-0.3, -0.25) is 9.97 Å². The van der Waals surface area contributed by atoms with Crippen LogP contribution >= 0.6 is 15.9 Å². The summed E-state index contributed by atoms with van der Waals surface area (Å²) in [6.45, 7) is 1.82. The Balaban J connectivity index is 2.37. The highest BCUT2D eigenvalue weighted by Gasteiger charge is 2.16. The third kappa shape index (κ3) is 2.38. The molecule has 3 aromatic rings. The lowest BCUT2D eigenvalue weighted by Crippen LogP contribution is -2.02. The number of aryl methyl sites for hydroxylation is 1. The number of rotatable bonds is 2. The molecule has 3 rings (SSSR count). The largest absolute Gasteiger partial charge is 0.478 e. The van der Waals surface area contributed by atoms with Gasteiger partial charge < -0.3 is 5.11 Å². The van der Waals surface area contributed by atoms with Crippen molar-refractivity contribution in [1.29, 1.82) is 0 Å². The number of aromatic nitrogens is 3. The van der Waals surface area contributed by atoms with Gasteiger partial charge >= 0.3 is 5.97 Å². The summed E-state index contributed by atoms with van der Waals surface area (Å²) in [5.74, 6) is -1.00. The first kappa shape index (κ1) is 13.6. The van der Waals surface area contributed by atoms with Gasteiger partial charge in [-0.15, -0.1) is 0 Å².